The molecule has 16 heavy (non-hydrogen) atoms. The Labute approximate surface area is 97.4 Å². The summed E-state index contributed by atoms with van der Waals surface area (Å²) in [4.78, 5) is 24.4. The van der Waals surface area contributed by atoms with E-state index in [1.54, 1.807) is 7.05 Å². The van der Waals surface area contributed by atoms with Crippen LogP contribution in [0, 0.1) is 5.92 Å². The first-order valence-electron chi connectivity index (χ1n) is 5.65. The molecule has 0 aliphatic rings. The van der Waals surface area contributed by atoms with E-state index < -0.39 is 6.04 Å². The molecule has 0 heterocycles. The summed E-state index contributed by atoms with van der Waals surface area (Å²) in [6.45, 7) is 6.50. The number of nitrogens with one attached hydrogen (secondary N) is 1. The maximum absolute atomic E-state index is 11.7. The number of nitrogens with two attached hydrogens (primary N) is 1. The Morgan fingerprint density at radius 3 is 2.38 bits per heavy atom. The number of carbonyl (C=O) groups excluding carboxylic acids is 2. The van der Waals surface area contributed by atoms with Gasteiger partial charge in [0, 0.05) is 13.6 Å². The van der Waals surface area contributed by atoms with Gasteiger partial charge in [0.25, 0.3) is 0 Å². The van der Waals surface area contributed by atoms with Crippen LogP contribution in [0.5, 0.6) is 0 Å². The highest BCUT2D eigenvalue weighted by Gasteiger charge is 2.20. The monoisotopic (exact) mass is 229 g/mol. The predicted molar refractivity (Wildman–Crippen MR) is 63.8 cm³/mol. The number of amides is 2. The fraction of sp³-hybridized carbons (Fsp3) is 0.818. The van der Waals surface area contributed by atoms with Crippen LogP contribution in [-0.4, -0.2) is 42.9 Å². The van der Waals surface area contributed by atoms with Crippen molar-refractivity contribution in [2.24, 2.45) is 11.7 Å². The Morgan fingerprint density at radius 2 is 1.94 bits per heavy atom. The first-order valence-corrected chi connectivity index (χ1v) is 5.65. The number of hydrogen-bond donors (Lipinski definition) is 2. The molecule has 2 amide bonds. The first-order chi connectivity index (χ1) is 7.38. The number of rotatable bonds is 6. The third-order valence-corrected chi connectivity index (χ3v) is 2.17. The Hall–Kier alpha value is -1.10. The quantitative estimate of drug-likeness (QED) is 0.671. The summed E-state index contributed by atoms with van der Waals surface area (Å²) in [5.41, 5.74) is 5.75. The summed E-state index contributed by atoms with van der Waals surface area (Å²) < 4.78 is 0. The zero-order chi connectivity index (χ0) is 12.7. The number of nitrogens with zero attached hydrogens (tertiary/aromatic N) is 1. The van der Waals surface area contributed by atoms with E-state index in [0.717, 1.165) is 0 Å². The molecule has 0 radical (unpaired) electrons. The smallest absolute Gasteiger partial charge is 0.239 e. The molecule has 1 atom stereocenters. The minimum Gasteiger partial charge on any atom is -0.355 e. The molecule has 0 fully saturated rings. The largest absolute Gasteiger partial charge is 0.355 e. The van der Waals surface area contributed by atoms with Gasteiger partial charge in [0.1, 0.15) is 0 Å². The standard InChI is InChI=1S/C11H23N3O2/c1-5-13-10(15)7-14(4)11(16)9(12)6-8(2)3/h8-9H,5-7,12H2,1-4H3,(H,13,15)/t9-/m0/s1. The fourth-order valence-corrected chi connectivity index (χ4v) is 1.44. The van der Waals surface area contributed by atoms with Crippen LogP contribution in [0.25, 0.3) is 0 Å². The molecule has 94 valence electrons. The lowest BCUT2D eigenvalue weighted by Crippen LogP contribution is -2.46. The lowest BCUT2D eigenvalue weighted by Gasteiger charge is -2.21. The highest BCUT2D eigenvalue weighted by Crippen LogP contribution is 2.04. The van der Waals surface area contributed by atoms with Crippen molar-refractivity contribution in [3.05, 3.63) is 0 Å². The highest BCUT2D eigenvalue weighted by atomic mass is 16.2. The molecule has 0 unspecified atom stereocenters. The van der Waals surface area contributed by atoms with Crippen LogP contribution in [0.15, 0.2) is 0 Å². The van der Waals surface area contributed by atoms with Crippen LogP contribution >= 0.6 is 0 Å². The molecular weight excluding hydrogens is 206 g/mol. The lowest BCUT2D eigenvalue weighted by molar-refractivity contribution is -0.136. The average Bonchev–Trinajstić information content (AvgIpc) is 2.15. The number of carbonyl (C=O) groups is 2. The molecule has 0 aromatic heterocycles. The van der Waals surface area contributed by atoms with Crippen molar-refractivity contribution in [3.63, 3.8) is 0 Å². The van der Waals surface area contributed by atoms with E-state index in [2.05, 4.69) is 5.32 Å². The van der Waals surface area contributed by atoms with E-state index in [4.69, 9.17) is 5.73 Å². The van der Waals surface area contributed by atoms with Gasteiger partial charge < -0.3 is 16.0 Å². The Bertz CT molecular complexity index is 241. The SMILES string of the molecule is CCNC(=O)CN(C)C(=O)[C@@H](N)CC(C)C. The van der Waals surface area contributed by atoms with Gasteiger partial charge in [0.05, 0.1) is 12.6 Å². The summed E-state index contributed by atoms with van der Waals surface area (Å²) in [7, 11) is 1.60. The molecule has 5 heteroatoms. The number of likely N-dealkylation sites (N-methyl/N-ethyl adjacent to an activating group) is 2. The molecule has 0 saturated heterocycles. The van der Waals surface area contributed by atoms with E-state index in [1.807, 2.05) is 20.8 Å². The molecule has 0 spiro atoms. The fourth-order valence-electron chi connectivity index (χ4n) is 1.44. The van der Waals surface area contributed by atoms with E-state index in [0.29, 0.717) is 18.9 Å². The van der Waals surface area contributed by atoms with Crippen molar-refractivity contribution in [2.75, 3.05) is 20.1 Å². The van der Waals surface area contributed by atoms with Gasteiger partial charge in [-0.2, -0.15) is 0 Å². The van der Waals surface area contributed by atoms with Crippen LogP contribution in [0.1, 0.15) is 27.2 Å². The second kappa shape index (κ2) is 7.22. The van der Waals surface area contributed by atoms with Crippen molar-refractivity contribution in [3.8, 4) is 0 Å². The Balaban J connectivity index is 4.12. The van der Waals surface area contributed by atoms with Crippen molar-refractivity contribution < 1.29 is 9.59 Å². The molecule has 0 saturated carbocycles. The maximum Gasteiger partial charge on any atom is 0.239 e. The molecule has 0 rings (SSSR count). The molecule has 3 N–H and O–H groups in total. The van der Waals surface area contributed by atoms with Gasteiger partial charge in [-0.3, -0.25) is 9.59 Å². The van der Waals surface area contributed by atoms with Crippen molar-refractivity contribution >= 4 is 11.8 Å². The molecule has 0 aliphatic heterocycles. The summed E-state index contributed by atoms with van der Waals surface area (Å²) >= 11 is 0. The third-order valence-electron chi connectivity index (χ3n) is 2.17. The van der Waals surface area contributed by atoms with E-state index in [-0.39, 0.29) is 18.4 Å². The average molecular weight is 229 g/mol. The number of hydrogen-bond acceptors (Lipinski definition) is 3. The second-order valence-electron chi connectivity index (χ2n) is 4.38. The predicted octanol–water partition coefficient (Wildman–Crippen LogP) is -0.0457. The van der Waals surface area contributed by atoms with Gasteiger partial charge >= 0.3 is 0 Å². The topological polar surface area (TPSA) is 75.4 Å². The summed E-state index contributed by atoms with van der Waals surface area (Å²) in [5, 5.41) is 2.64. The van der Waals surface area contributed by atoms with Crippen LogP contribution in [-0.2, 0) is 9.59 Å². The molecular formula is C11H23N3O2. The highest BCUT2D eigenvalue weighted by molar-refractivity contribution is 5.87. The van der Waals surface area contributed by atoms with Crippen molar-refractivity contribution in [1.82, 2.24) is 10.2 Å². The van der Waals surface area contributed by atoms with Crippen molar-refractivity contribution in [1.29, 1.82) is 0 Å². The second-order valence-corrected chi connectivity index (χ2v) is 4.38. The third kappa shape index (κ3) is 5.70. The van der Waals surface area contributed by atoms with Crippen LogP contribution in [0.4, 0.5) is 0 Å². The van der Waals surface area contributed by atoms with Crippen LogP contribution in [0.2, 0.25) is 0 Å². The zero-order valence-electron chi connectivity index (χ0n) is 10.6. The van der Waals surface area contributed by atoms with E-state index >= 15 is 0 Å². The Morgan fingerprint density at radius 1 is 1.38 bits per heavy atom. The minimum atomic E-state index is -0.514. The molecule has 0 aliphatic carbocycles. The van der Waals surface area contributed by atoms with Gasteiger partial charge in [0.15, 0.2) is 0 Å². The molecule has 0 bridgehead atoms. The van der Waals surface area contributed by atoms with E-state index in [9.17, 15) is 9.59 Å². The van der Waals surface area contributed by atoms with Crippen LogP contribution in [0.3, 0.4) is 0 Å². The van der Waals surface area contributed by atoms with Crippen LogP contribution < -0.4 is 11.1 Å². The van der Waals surface area contributed by atoms with Gasteiger partial charge in [-0.05, 0) is 19.3 Å². The van der Waals surface area contributed by atoms with Gasteiger partial charge in [-0.1, -0.05) is 13.8 Å². The van der Waals surface area contributed by atoms with E-state index in [1.165, 1.54) is 4.90 Å². The summed E-state index contributed by atoms with van der Waals surface area (Å²) in [5.74, 6) is 0.0341. The molecule has 0 aromatic rings. The first kappa shape index (κ1) is 14.9. The lowest BCUT2D eigenvalue weighted by atomic mass is 10.0. The van der Waals surface area contributed by atoms with Gasteiger partial charge in [0.2, 0.25) is 11.8 Å². The Kier molecular flexibility index (Phi) is 6.72. The summed E-state index contributed by atoms with van der Waals surface area (Å²) in [6.07, 6.45) is 0.637. The normalized spacial score (nSPS) is 12.4. The van der Waals surface area contributed by atoms with Gasteiger partial charge in [-0.25, -0.2) is 0 Å². The minimum absolute atomic E-state index is 0.0679. The molecule has 5 nitrogen and oxygen atoms in total. The zero-order valence-corrected chi connectivity index (χ0v) is 10.6. The molecule has 0 aromatic carbocycles. The van der Waals surface area contributed by atoms with Gasteiger partial charge in [-0.15, -0.1) is 0 Å². The summed E-state index contributed by atoms with van der Waals surface area (Å²) in [6, 6.07) is -0.514. The van der Waals surface area contributed by atoms with Crippen molar-refractivity contribution in [2.45, 2.75) is 33.2 Å². The maximum atomic E-state index is 11.7.